The van der Waals surface area contributed by atoms with E-state index in [-0.39, 0.29) is 5.91 Å². The van der Waals surface area contributed by atoms with Gasteiger partial charge >= 0.3 is 0 Å². The van der Waals surface area contributed by atoms with Crippen LogP contribution in [0.5, 0.6) is 0 Å². The van der Waals surface area contributed by atoms with Crippen LogP contribution in [0.1, 0.15) is 30.9 Å². The number of primary amides is 1. The van der Waals surface area contributed by atoms with Gasteiger partial charge in [0.2, 0.25) is 5.91 Å². The predicted octanol–water partition coefficient (Wildman–Crippen LogP) is 1.96. The fraction of sp³-hybridized carbons (Fsp3) is 0.533. The maximum absolute atomic E-state index is 10.9. The normalized spacial score (nSPS) is 18.9. The third kappa shape index (κ3) is 4.47. The molecule has 1 heterocycles. The largest absolute Gasteiger partial charge is 0.387 e. The molecule has 1 aromatic carbocycles. The van der Waals surface area contributed by atoms with E-state index in [0.29, 0.717) is 23.9 Å². The number of piperidine rings is 1. The number of carbonyl (C=O) groups is 1. The van der Waals surface area contributed by atoms with E-state index in [1.54, 1.807) is 12.1 Å². The SMILES string of the molecule is NC(=O)CC1CCN(C[C@@H](O)c2ccc(Cl)cc2)CC1. The summed E-state index contributed by atoms with van der Waals surface area (Å²) in [5.74, 6) is 0.182. The average molecular weight is 297 g/mol. The second-order valence-electron chi connectivity index (χ2n) is 5.48. The van der Waals surface area contributed by atoms with Crippen molar-refractivity contribution in [3.63, 3.8) is 0 Å². The van der Waals surface area contributed by atoms with Crippen molar-refractivity contribution in [1.29, 1.82) is 0 Å². The van der Waals surface area contributed by atoms with Crippen molar-refractivity contribution in [3.05, 3.63) is 34.9 Å². The van der Waals surface area contributed by atoms with Crippen LogP contribution in [0.25, 0.3) is 0 Å². The monoisotopic (exact) mass is 296 g/mol. The number of benzene rings is 1. The minimum Gasteiger partial charge on any atom is -0.387 e. The van der Waals surface area contributed by atoms with Crippen LogP contribution in [0.3, 0.4) is 0 Å². The van der Waals surface area contributed by atoms with Gasteiger partial charge in [0.05, 0.1) is 6.10 Å². The highest BCUT2D eigenvalue weighted by Gasteiger charge is 2.22. The molecule has 1 fully saturated rings. The number of likely N-dealkylation sites (tertiary alicyclic amines) is 1. The smallest absolute Gasteiger partial charge is 0.217 e. The summed E-state index contributed by atoms with van der Waals surface area (Å²) in [5.41, 5.74) is 6.11. The zero-order valence-electron chi connectivity index (χ0n) is 11.5. The fourth-order valence-electron chi connectivity index (χ4n) is 2.69. The van der Waals surface area contributed by atoms with Crippen molar-refractivity contribution in [1.82, 2.24) is 4.90 Å². The Balaban J connectivity index is 1.80. The summed E-state index contributed by atoms with van der Waals surface area (Å²) < 4.78 is 0. The summed E-state index contributed by atoms with van der Waals surface area (Å²) in [6.45, 7) is 2.43. The first-order chi connectivity index (χ1) is 9.54. The minimum absolute atomic E-state index is 0.218. The lowest BCUT2D eigenvalue weighted by molar-refractivity contribution is -0.119. The number of rotatable bonds is 5. The first-order valence-corrected chi connectivity index (χ1v) is 7.36. The number of carbonyl (C=O) groups excluding carboxylic acids is 1. The second-order valence-corrected chi connectivity index (χ2v) is 5.92. The molecule has 0 aromatic heterocycles. The van der Waals surface area contributed by atoms with Crippen molar-refractivity contribution in [2.24, 2.45) is 11.7 Å². The van der Waals surface area contributed by atoms with Crippen molar-refractivity contribution in [2.45, 2.75) is 25.4 Å². The zero-order chi connectivity index (χ0) is 14.5. The molecule has 1 atom stereocenters. The van der Waals surface area contributed by atoms with Crippen LogP contribution < -0.4 is 5.73 Å². The number of hydrogen-bond donors (Lipinski definition) is 2. The second kappa shape index (κ2) is 7.07. The number of aliphatic hydroxyl groups is 1. The molecule has 0 bridgehead atoms. The van der Waals surface area contributed by atoms with Crippen LogP contribution in [0, 0.1) is 5.92 Å². The first kappa shape index (κ1) is 15.3. The fourth-order valence-corrected chi connectivity index (χ4v) is 2.82. The van der Waals surface area contributed by atoms with E-state index in [0.717, 1.165) is 31.5 Å². The molecule has 0 saturated carbocycles. The molecule has 110 valence electrons. The van der Waals surface area contributed by atoms with E-state index in [4.69, 9.17) is 17.3 Å². The molecule has 3 N–H and O–H groups in total. The molecule has 5 heteroatoms. The van der Waals surface area contributed by atoms with E-state index < -0.39 is 6.10 Å². The summed E-state index contributed by atoms with van der Waals surface area (Å²) in [5, 5.41) is 10.9. The lowest BCUT2D eigenvalue weighted by Crippen LogP contribution is -2.37. The highest BCUT2D eigenvalue weighted by atomic mass is 35.5. The molecular weight excluding hydrogens is 276 g/mol. The highest BCUT2D eigenvalue weighted by Crippen LogP contribution is 2.23. The molecule has 20 heavy (non-hydrogen) atoms. The van der Waals surface area contributed by atoms with Crippen molar-refractivity contribution in [3.8, 4) is 0 Å². The van der Waals surface area contributed by atoms with Gasteiger partial charge in [0.1, 0.15) is 0 Å². The van der Waals surface area contributed by atoms with Gasteiger partial charge in [0.15, 0.2) is 0 Å². The van der Waals surface area contributed by atoms with Gasteiger partial charge in [0, 0.05) is 18.0 Å². The van der Waals surface area contributed by atoms with Gasteiger partial charge in [-0.15, -0.1) is 0 Å². The molecule has 1 saturated heterocycles. The molecular formula is C15H21ClN2O2. The van der Waals surface area contributed by atoms with E-state index in [2.05, 4.69) is 4.90 Å². The molecule has 1 aromatic rings. The van der Waals surface area contributed by atoms with Gasteiger partial charge in [-0.2, -0.15) is 0 Å². The molecule has 4 nitrogen and oxygen atoms in total. The standard InChI is InChI=1S/C15H21ClN2O2/c16-13-3-1-12(2-4-13)14(19)10-18-7-5-11(6-8-18)9-15(17)20/h1-4,11,14,19H,5-10H2,(H2,17,20)/t14-/m1/s1. The van der Waals surface area contributed by atoms with Gasteiger partial charge in [-0.3, -0.25) is 4.79 Å². The van der Waals surface area contributed by atoms with E-state index in [9.17, 15) is 9.90 Å². The Bertz CT molecular complexity index is 442. The van der Waals surface area contributed by atoms with Gasteiger partial charge in [-0.25, -0.2) is 0 Å². The van der Waals surface area contributed by atoms with Crippen LogP contribution in [0.2, 0.25) is 5.02 Å². The number of β-amino-alcohol motifs (C(OH)–C–C–N with tert-alkyl or cyclic N) is 1. The van der Waals surface area contributed by atoms with E-state index >= 15 is 0 Å². The van der Waals surface area contributed by atoms with Crippen LogP contribution in [0.4, 0.5) is 0 Å². The average Bonchev–Trinajstić information content (AvgIpc) is 2.41. The Kier molecular flexibility index (Phi) is 5.40. The van der Waals surface area contributed by atoms with Crippen LogP contribution in [-0.2, 0) is 4.79 Å². The van der Waals surface area contributed by atoms with Gasteiger partial charge in [-0.05, 0) is 49.5 Å². The number of nitrogens with two attached hydrogens (primary N) is 1. The van der Waals surface area contributed by atoms with Crippen molar-refractivity contribution >= 4 is 17.5 Å². The molecule has 0 radical (unpaired) electrons. The summed E-state index contributed by atoms with van der Waals surface area (Å²) >= 11 is 5.84. The Morgan fingerprint density at radius 3 is 2.50 bits per heavy atom. The number of nitrogens with zero attached hydrogens (tertiary/aromatic N) is 1. The molecule has 0 unspecified atom stereocenters. The van der Waals surface area contributed by atoms with Crippen LogP contribution in [0.15, 0.2) is 24.3 Å². The van der Waals surface area contributed by atoms with E-state index in [1.165, 1.54) is 0 Å². The predicted molar refractivity (Wildman–Crippen MR) is 79.4 cm³/mol. The number of amides is 1. The molecule has 1 amide bonds. The summed E-state index contributed by atoms with van der Waals surface area (Å²) in [7, 11) is 0. The minimum atomic E-state index is -0.500. The van der Waals surface area contributed by atoms with Crippen molar-refractivity contribution in [2.75, 3.05) is 19.6 Å². The lowest BCUT2D eigenvalue weighted by atomic mass is 9.93. The molecule has 1 aliphatic rings. The Morgan fingerprint density at radius 2 is 1.95 bits per heavy atom. The third-order valence-corrected chi connectivity index (χ3v) is 4.13. The topological polar surface area (TPSA) is 66.6 Å². The Labute approximate surface area is 124 Å². The van der Waals surface area contributed by atoms with Crippen LogP contribution in [-0.4, -0.2) is 35.5 Å². The maximum atomic E-state index is 10.9. The van der Waals surface area contributed by atoms with Crippen LogP contribution >= 0.6 is 11.6 Å². The Hall–Kier alpha value is -1.10. The quantitative estimate of drug-likeness (QED) is 0.873. The van der Waals surface area contributed by atoms with Gasteiger partial charge in [-0.1, -0.05) is 23.7 Å². The summed E-state index contributed by atoms with van der Waals surface area (Å²) in [4.78, 5) is 13.1. The first-order valence-electron chi connectivity index (χ1n) is 6.99. The van der Waals surface area contributed by atoms with Gasteiger partial charge in [0.25, 0.3) is 0 Å². The van der Waals surface area contributed by atoms with Gasteiger partial charge < -0.3 is 15.7 Å². The summed E-state index contributed by atoms with van der Waals surface area (Å²) in [6, 6.07) is 7.29. The van der Waals surface area contributed by atoms with Crippen molar-refractivity contribution < 1.29 is 9.90 Å². The Morgan fingerprint density at radius 1 is 1.35 bits per heavy atom. The molecule has 0 aliphatic carbocycles. The number of halogens is 1. The maximum Gasteiger partial charge on any atom is 0.217 e. The zero-order valence-corrected chi connectivity index (χ0v) is 12.2. The number of hydrogen-bond acceptors (Lipinski definition) is 3. The lowest BCUT2D eigenvalue weighted by Gasteiger charge is -2.32. The molecule has 2 rings (SSSR count). The highest BCUT2D eigenvalue weighted by molar-refractivity contribution is 6.30. The van der Waals surface area contributed by atoms with E-state index in [1.807, 2.05) is 12.1 Å². The summed E-state index contributed by atoms with van der Waals surface area (Å²) in [6.07, 6.45) is 1.92. The molecule has 1 aliphatic heterocycles. The number of aliphatic hydroxyl groups excluding tert-OH is 1. The third-order valence-electron chi connectivity index (χ3n) is 3.88. The molecule has 0 spiro atoms.